The van der Waals surface area contributed by atoms with Gasteiger partial charge in [0.15, 0.2) is 0 Å². The highest BCUT2D eigenvalue weighted by Crippen LogP contribution is 2.39. The fraction of sp³-hybridized carbons (Fsp3) is 0.500. The van der Waals surface area contributed by atoms with Crippen LogP contribution in [0.2, 0.25) is 0 Å². The highest BCUT2D eigenvalue weighted by atomic mass is 32.2. The average molecular weight is 390 g/mol. The number of hydrogen-bond donors (Lipinski definition) is 0. The SMILES string of the molecule is CCCCCSOc1ccc2c(c1)OC(C(F)(F)F)C(C(=O)OCC)=C2. The minimum Gasteiger partial charge on any atom is -0.475 e. The van der Waals surface area contributed by atoms with Gasteiger partial charge in [0.2, 0.25) is 6.10 Å². The van der Waals surface area contributed by atoms with Crippen molar-refractivity contribution in [2.75, 3.05) is 12.4 Å². The van der Waals surface area contributed by atoms with Gasteiger partial charge in [0.05, 0.1) is 24.2 Å². The van der Waals surface area contributed by atoms with E-state index in [1.807, 2.05) is 0 Å². The quantitative estimate of drug-likeness (QED) is 0.348. The van der Waals surface area contributed by atoms with E-state index in [4.69, 9.17) is 13.7 Å². The van der Waals surface area contributed by atoms with Crippen molar-refractivity contribution < 1.29 is 31.6 Å². The van der Waals surface area contributed by atoms with Crippen LogP contribution in [0.3, 0.4) is 0 Å². The topological polar surface area (TPSA) is 44.8 Å². The molecule has 144 valence electrons. The number of benzene rings is 1. The Balaban J connectivity index is 2.17. The lowest BCUT2D eigenvalue weighted by Crippen LogP contribution is -2.40. The number of alkyl halides is 3. The highest BCUT2D eigenvalue weighted by molar-refractivity contribution is 7.95. The predicted molar refractivity (Wildman–Crippen MR) is 94.1 cm³/mol. The van der Waals surface area contributed by atoms with E-state index in [1.165, 1.54) is 25.0 Å². The Labute approximate surface area is 154 Å². The first-order valence-electron chi connectivity index (χ1n) is 8.42. The number of carbonyl (C=O) groups is 1. The Morgan fingerprint density at radius 1 is 1.27 bits per heavy atom. The predicted octanol–water partition coefficient (Wildman–Crippen LogP) is 5.17. The van der Waals surface area contributed by atoms with Crippen molar-refractivity contribution in [1.29, 1.82) is 0 Å². The zero-order valence-electron chi connectivity index (χ0n) is 14.6. The van der Waals surface area contributed by atoms with Gasteiger partial charge in [-0.15, -0.1) is 0 Å². The first-order valence-corrected chi connectivity index (χ1v) is 9.33. The molecule has 8 heteroatoms. The molecule has 1 aliphatic rings. The van der Waals surface area contributed by atoms with Gasteiger partial charge in [-0.25, -0.2) is 4.79 Å². The van der Waals surface area contributed by atoms with Crippen molar-refractivity contribution in [1.82, 2.24) is 0 Å². The molecular weight excluding hydrogens is 369 g/mol. The molecule has 0 amide bonds. The summed E-state index contributed by atoms with van der Waals surface area (Å²) in [6.07, 6.45) is -2.74. The summed E-state index contributed by atoms with van der Waals surface area (Å²) in [5.74, 6) is 0.183. The van der Waals surface area contributed by atoms with Crippen LogP contribution in [0.5, 0.6) is 11.5 Å². The van der Waals surface area contributed by atoms with Crippen LogP contribution in [-0.2, 0) is 9.53 Å². The van der Waals surface area contributed by atoms with Crippen LogP contribution < -0.4 is 8.92 Å². The van der Waals surface area contributed by atoms with Crippen molar-refractivity contribution in [2.45, 2.75) is 45.4 Å². The van der Waals surface area contributed by atoms with Crippen LogP contribution in [0.25, 0.3) is 6.08 Å². The van der Waals surface area contributed by atoms with Crippen LogP contribution in [-0.4, -0.2) is 30.6 Å². The summed E-state index contributed by atoms with van der Waals surface area (Å²) in [4.78, 5) is 11.9. The van der Waals surface area contributed by atoms with E-state index in [0.717, 1.165) is 31.1 Å². The third kappa shape index (κ3) is 5.33. The van der Waals surface area contributed by atoms with Gasteiger partial charge < -0.3 is 13.7 Å². The van der Waals surface area contributed by atoms with Gasteiger partial charge in [-0.05, 0) is 31.6 Å². The maximum absolute atomic E-state index is 13.3. The largest absolute Gasteiger partial charge is 0.475 e. The summed E-state index contributed by atoms with van der Waals surface area (Å²) in [6, 6.07) is 4.59. The number of halogens is 3. The van der Waals surface area contributed by atoms with Gasteiger partial charge in [-0.1, -0.05) is 19.8 Å². The maximum Gasteiger partial charge on any atom is 0.430 e. The molecule has 1 aromatic carbocycles. The molecule has 0 N–H and O–H groups in total. The number of hydrogen-bond acceptors (Lipinski definition) is 5. The Bertz CT molecular complexity index is 658. The second-order valence-electron chi connectivity index (χ2n) is 5.67. The van der Waals surface area contributed by atoms with Gasteiger partial charge in [0, 0.05) is 17.4 Å². The highest BCUT2D eigenvalue weighted by Gasteiger charge is 2.48. The molecule has 4 nitrogen and oxygen atoms in total. The third-order valence-electron chi connectivity index (χ3n) is 3.62. The summed E-state index contributed by atoms with van der Waals surface area (Å²) in [6.45, 7) is 3.61. The van der Waals surface area contributed by atoms with Gasteiger partial charge in [-0.3, -0.25) is 0 Å². The van der Waals surface area contributed by atoms with Crippen molar-refractivity contribution in [3.63, 3.8) is 0 Å². The molecule has 26 heavy (non-hydrogen) atoms. The van der Waals surface area contributed by atoms with Gasteiger partial charge in [0.1, 0.15) is 11.5 Å². The molecule has 0 spiro atoms. The summed E-state index contributed by atoms with van der Waals surface area (Å²) in [5, 5.41) is 0. The number of ether oxygens (including phenoxy) is 2. The lowest BCUT2D eigenvalue weighted by Gasteiger charge is -2.28. The van der Waals surface area contributed by atoms with Crippen molar-refractivity contribution in [3.05, 3.63) is 29.3 Å². The number of esters is 1. The van der Waals surface area contributed by atoms with Gasteiger partial charge in [0.25, 0.3) is 0 Å². The summed E-state index contributed by atoms with van der Waals surface area (Å²) in [5.41, 5.74) is -0.189. The standard InChI is InChI=1S/C18H21F3O4S/c1-3-5-6-9-26-25-13-8-7-12-10-14(17(22)23-4-2)16(18(19,20)21)24-15(12)11-13/h7-8,10-11,16H,3-6,9H2,1-2H3. The molecule has 2 rings (SSSR count). The lowest BCUT2D eigenvalue weighted by atomic mass is 10.0. The monoisotopic (exact) mass is 390 g/mol. The van der Waals surface area contributed by atoms with Crippen LogP contribution >= 0.6 is 12.0 Å². The van der Waals surface area contributed by atoms with E-state index in [-0.39, 0.29) is 12.4 Å². The Kier molecular flexibility index (Phi) is 7.25. The third-order valence-corrected chi connectivity index (χ3v) is 4.38. The Hall–Kier alpha value is -1.83. The maximum atomic E-state index is 13.3. The van der Waals surface area contributed by atoms with E-state index >= 15 is 0 Å². The van der Waals surface area contributed by atoms with Crippen LogP contribution in [0.1, 0.15) is 38.7 Å². The summed E-state index contributed by atoms with van der Waals surface area (Å²) in [7, 11) is 0. The number of carbonyl (C=O) groups excluding carboxylic acids is 1. The zero-order chi connectivity index (χ0) is 19.2. The first-order chi connectivity index (χ1) is 12.4. The molecule has 0 saturated carbocycles. The molecule has 0 radical (unpaired) electrons. The number of fused-ring (bicyclic) bond motifs is 1. The lowest BCUT2D eigenvalue weighted by molar-refractivity contribution is -0.187. The zero-order valence-corrected chi connectivity index (χ0v) is 15.4. The summed E-state index contributed by atoms with van der Waals surface area (Å²) >= 11 is 1.25. The van der Waals surface area contributed by atoms with E-state index in [1.54, 1.807) is 12.1 Å². The Morgan fingerprint density at radius 2 is 2.04 bits per heavy atom. The first kappa shape index (κ1) is 20.5. The molecule has 0 aliphatic carbocycles. The molecule has 1 atom stereocenters. The minimum atomic E-state index is -4.73. The van der Waals surface area contributed by atoms with Gasteiger partial charge >= 0.3 is 12.1 Å². The molecule has 1 heterocycles. The van der Waals surface area contributed by atoms with E-state index in [0.29, 0.717) is 11.3 Å². The minimum absolute atomic E-state index is 0.0182. The molecular formula is C18H21F3O4S. The number of rotatable bonds is 8. The van der Waals surface area contributed by atoms with E-state index in [9.17, 15) is 18.0 Å². The van der Waals surface area contributed by atoms with Crippen molar-refractivity contribution in [3.8, 4) is 11.5 Å². The van der Waals surface area contributed by atoms with Crippen LogP contribution in [0.15, 0.2) is 23.8 Å². The fourth-order valence-electron chi connectivity index (χ4n) is 2.37. The molecule has 0 bridgehead atoms. The fourth-order valence-corrected chi connectivity index (χ4v) is 3.01. The number of unbranched alkanes of at least 4 members (excludes halogenated alkanes) is 2. The molecule has 0 saturated heterocycles. The van der Waals surface area contributed by atoms with Crippen molar-refractivity contribution >= 4 is 24.1 Å². The van der Waals surface area contributed by atoms with E-state index in [2.05, 4.69) is 6.92 Å². The molecule has 0 fully saturated rings. The molecule has 0 aromatic heterocycles. The second-order valence-corrected chi connectivity index (χ2v) is 6.48. The molecule has 1 aliphatic heterocycles. The van der Waals surface area contributed by atoms with E-state index < -0.39 is 23.8 Å². The molecule has 1 unspecified atom stereocenters. The second kappa shape index (κ2) is 9.21. The normalized spacial score (nSPS) is 16.3. The molecule has 1 aromatic rings. The summed E-state index contributed by atoms with van der Waals surface area (Å²) < 4.78 is 55.2. The van der Waals surface area contributed by atoms with Crippen LogP contribution in [0.4, 0.5) is 13.2 Å². The van der Waals surface area contributed by atoms with Gasteiger partial charge in [-0.2, -0.15) is 13.2 Å². The van der Waals surface area contributed by atoms with Crippen molar-refractivity contribution in [2.24, 2.45) is 0 Å². The Morgan fingerprint density at radius 3 is 2.69 bits per heavy atom. The van der Waals surface area contributed by atoms with Crippen LogP contribution in [0, 0.1) is 0 Å². The smallest absolute Gasteiger partial charge is 0.430 e. The average Bonchev–Trinajstić information content (AvgIpc) is 2.59.